The summed E-state index contributed by atoms with van der Waals surface area (Å²) in [6.45, 7) is 0.843. The highest BCUT2D eigenvalue weighted by Crippen LogP contribution is 2.26. The highest BCUT2D eigenvalue weighted by Gasteiger charge is 2.24. The Labute approximate surface area is 155 Å². The molecular weight excluding hydrogens is 345 g/mol. The molecule has 0 fully saturated rings. The van der Waals surface area contributed by atoms with Gasteiger partial charge in [-0.2, -0.15) is 0 Å². The van der Waals surface area contributed by atoms with Crippen LogP contribution < -0.4 is 5.43 Å². The number of benzene rings is 2. The van der Waals surface area contributed by atoms with Gasteiger partial charge in [0.2, 0.25) is 5.43 Å². The summed E-state index contributed by atoms with van der Waals surface area (Å²) in [4.78, 5) is 25.6. The van der Waals surface area contributed by atoms with Crippen molar-refractivity contribution >= 4 is 5.97 Å². The standard InChI is InChI=1S/C22H18FNO3/c23-17-10-8-16(9-11-17)20-19-7-4-12-24(19)13-18(21(20)25)22(26)27-14-15-5-2-1-3-6-15/h1-3,5-6,8-11,13H,4,7,12,14H2. The van der Waals surface area contributed by atoms with E-state index in [1.165, 1.54) is 12.1 Å². The second kappa shape index (κ2) is 7.19. The van der Waals surface area contributed by atoms with Crippen LogP contribution in [0.15, 0.2) is 65.6 Å². The normalized spacial score (nSPS) is 12.6. The van der Waals surface area contributed by atoms with Crippen LogP contribution in [0.25, 0.3) is 11.1 Å². The van der Waals surface area contributed by atoms with E-state index in [1.54, 1.807) is 18.3 Å². The molecule has 136 valence electrons. The molecule has 0 aliphatic carbocycles. The van der Waals surface area contributed by atoms with Gasteiger partial charge < -0.3 is 9.30 Å². The SMILES string of the molecule is O=C(OCc1ccccc1)c1cn2c(c(-c3ccc(F)cc3)c1=O)CCC2. The van der Waals surface area contributed by atoms with Crippen LogP contribution in [0.2, 0.25) is 0 Å². The number of hydrogen-bond donors (Lipinski definition) is 0. The van der Waals surface area contributed by atoms with Crippen molar-refractivity contribution in [1.82, 2.24) is 4.57 Å². The molecular formula is C22H18FNO3. The highest BCUT2D eigenvalue weighted by atomic mass is 19.1. The van der Waals surface area contributed by atoms with E-state index in [0.29, 0.717) is 11.1 Å². The van der Waals surface area contributed by atoms with E-state index in [9.17, 15) is 14.0 Å². The smallest absolute Gasteiger partial charge is 0.343 e. The van der Waals surface area contributed by atoms with Crippen LogP contribution >= 0.6 is 0 Å². The number of rotatable bonds is 4. The minimum absolute atomic E-state index is 0.0101. The van der Waals surface area contributed by atoms with Crippen molar-refractivity contribution in [3.8, 4) is 11.1 Å². The van der Waals surface area contributed by atoms with Gasteiger partial charge in [-0.1, -0.05) is 42.5 Å². The molecule has 27 heavy (non-hydrogen) atoms. The van der Waals surface area contributed by atoms with Gasteiger partial charge in [-0.3, -0.25) is 4.79 Å². The van der Waals surface area contributed by atoms with E-state index in [0.717, 1.165) is 30.6 Å². The number of fused-ring (bicyclic) bond motifs is 1. The third-order valence-corrected chi connectivity index (χ3v) is 4.77. The Morgan fingerprint density at radius 2 is 1.81 bits per heavy atom. The second-order valence-electron chi connectivity index (χ2n) is 6.56. The fourth-order valence-corrected chi connectivity index (χ4v) is 3.45. The van der Waals surface area contributed by atoms with Gasteiger partial charge in [0.15, 0.2) is 0 Å². The zero-order chi connectivity index (χ0) is 18.8. The van der Waals surface area contributed by atoms with Crippen LogP contribution in [-0.2, 0) is 24.3 Å². The molecule has 0 radical (unpaired) electrons. The molecule has 0 saturated heterocycles. The van der Waals surface area contributed by atoms with Crippen molar-refractivity contribution < 1.29 is 13.9 Å². The van der Waals surface area contributed by atoms with E-state index in [2.05, 4.69) is 0 Å². The summed E-state index contributed by atoms with van der Waals surface area (Å²) in [5, 5.41) is 0. The number of aryl methyl sites for hydroxylation is 1. The van der Waals surface area contributed by atoms with Crippen molar-refractivity contribution in [3.63, 3.8) is 0 Å². The summed E-state index contributed by atoms with van der Waals surface area (Å²) in [5.74, 6) is -1.01. The fourth-order valence-electron chi connectivity index (χ4n) is 3.45. The zero-order valence-corrected chi connectivity index (χ0v) is 14.7. The van der Waals surface area contributed by atoms with Crippen LogP contribution in [-0.4, -0.2) is 10.5 Å². The minimum Gasteiger partial charge on any atom is -0.457 e. The van der Waals surface area contributed by atoms with E-state index in [-0.39, 0.29) is 23.4 Å². The van der Waals surface area contributed by atoms with Gasteiger partial charge in [0.1, 0.15) is 18.0 Å². The number of carbonyl (C=O) groups is 1. The van der Waals surface area contributed by atoms with Gasteiger partial charge in [0, 0.05) is 24.0 Å². The Balaban J connectivity index is 1.71. The predicted molar refractivity (Wildman–Crippen MR) is 100.0 cm³/mol. The molecule has 1 aromatic heterocycles. The molecule has 4 nitrogen and oxygen atoms in total. The highest BCUT2D eigenvalue weighted by molar-refractivity contribution is 5.91. The Bertz CT molecular complexity index is 1040. The van der Waals surface area contributed by atoms with Crippen LogP contribution in [0, 0.1) is 5.82 Å². The van der Waals surface area contributed by atoms with Crippen molar-refractivity contribution in [2.45, 2.75) is 26.0 Å². The maximum Gasteiger partial charge on any atom is 0.343 e. The Morgan fingerprint density at radius 3 is 2.56 bits per heavy atom. The number of carbonyl (C=O) groups excluding carboxylic acids is 1. The number of nitrogens with zero attached hydrogens (tertiary/aromatic N) is 1. The van der Waals surface area contributed by atoms with Gasteiger partial charge >= 0.3 is 5.97 Å². The quantitative estimate of drug-likeness (QED) is 0.659. The molecule has 4 rings (SSSR count). The summed E-state index contributed by atoms with van der Waals surface area (Å²) >= 11 is 0. The average molecular weight is 363 g/mol. The van der Waals surface area contributed by atoms with Crippen LogP contribution in [0.5, 0.6) is 0 Å². The molecule has 0 N–H and O–H groups in total. The van der Waals surface area contributed by atoms with Crippen LogP contribution in [0.1, 0.15) is 28.0 Å². The zero-order valence-electron chi connectivity index (χ0n) is 14.7. The molecule has 5 heteroatoms. The minimum atomic E-state index is -0.644. The Morgan fingerprint density at radius 1 is 1.07 bits per heavy atom. The molecule has 1 aliphatic heterocycles. The first-order chi connectivity index (χ1) is 13.1. The van der Waals surface area contributed by atoms with Gasteiger partial charge in [0.05, 0.1) is 0 Å². The summed E-state index contributed by atoms with van der Waals surface area (Å²) in [5.41, 5.74) is 2.45. The Hall–Kier alpha value is -3.21. The van der Waals surface area contributed by atoms with Gasteiger partial charge in [0.25, 0.3) is 0 Å². The molecule has 0 spiro atoms. The number of hydrogen-bond acceptors (Lipinski definition) is 3. The number of aromatic nitrogens is 1. The van der Waals surface area contributed by atoms with Gasteiger partial charge in [-0.05, 0) is 36.1 Å². The molecule has 3 aromatic rings. The first-order valence-corrected chi connectivity index (χ1v) is 8.87. The molecule has 1 aliphatic rings. The number of pyridine rings is 1. The van der Waals surface area contributed by atoms with Gasteiger partial charge in [-0.25, -0.2) is 9.18 Å². The van der Waals surface area contributed by atoms with E-state index in [4.69, 9.17) is 4.74 Å². The van der Waals surface area contributed by atoms with Crippen molar-refractivity contribution in [2.24, 2.45) is 0 Å². The first-order valence-electron chi connectivity index (χ1n) is 8.87. The third kappa shape index (κ3) is 3.40. The first kappa shape index (κ1) is 17.2. The summed E-state index contributed by atoms with van der Waals surface area (Å²) in [6.07, 6.45) is 3.24. The van der Waals surface area contributed by atoms with Gasteiger partial charge in [-0.15, -0.1) is 0 Å². The lowest BCUT2D eigenvalue weighted by atomic mass is 10.00. The van der Waals surface area contributed by atoms with E-state index in [1.807, 2.05) is 34.9 Å². The number of ether oxygens (including phenoxy) is 1. The Kier molecular flexibility index (Phi) is 4.59. The largest absolute Gasteiger partial charge is 0.457 e. The third-order valence-electron chi connectivity index (χ3n) is 4.77. The fraction of sp³-hybridized carbons (Fsp3) is 0.182. The average Bonchev–Trinajstić information content (AvgIpc) is 3.15. The second-order valence-corrected chi connectivity index (χ2v) is 6.56. The van der Waals surface area contributed by atoms with E-state index >= 15 is 0 Å². The monoisotopic (exact) mass is 363 g/mol. The van der Waals surface area contributed by atoms with Crippen LogP contribution in [0.3, 0.4) is 0 Å². The number of esters is 1. The van der Waals surface area contributed by atoms with Crippen molar-refractivity contribution in [1.29, 1.82) is 0 Å². The topological polar surface area (TPSA) is 48.3 Å². The predicted octanol–water partition coefficient (Wildman–Crippen LogP) is 3.96. The van der Waals surface area contributed by atoms with Crippen molar-refractivity contribution in [3.05, 3.63) is 93.7 Å². The summed E-state index contributed by atoms with van der Waals surface area (Å²) in [7, 11) is 0. The molecule has 0 saturated carbocycles. The maximum atomic E-state index is 13.3. The summed E-state index contributed by atoms with van der Waals surface area (Å²) < 4.78 is 20.6. The molecule has 0 bridgehead atoms. The molecule has 0 unspecified atom stereocenters. The lowest BCUT2D eigenvalue weighted by Gasteiger charge is -2.13. The van der Waals surface area contributed by atoms with E-state index < -0.39 is 5.97 Å². The molecule has 2 heterocycles. The summed E-state index contributed by atoms with van der Waals surface area (Å²) in [6, 6.07) is 15.1. The van der Waals surface area contributed by atoms with Crippen LogP contribution in [0.4, 0.5) is 4.39 Å². The number of halogens is 1. The molecule has 0 amide bonds. The lowest BCUT2D eigenvalue weighted by Crippen LogP contribution is -2.23. The maximum absolute atomic E-state index is 13.3. The lowest BCUT2D eigenvalue weighted by molar-refractivity contribution is 0.0470. The molecule has 2 aromatic carbocycles. The molecule has 0 atom stereocenters. The van der Waals surface area contributed by atoms with Crippen molar-refractivity contribution in [2.75, 3.05) is 0 Å².